The monoisotopic (exact) mass is 295 g/mol. The maximum atomic E-state index is 5.95. The highest BCUT2D eigenvalue weighted by molar-refractivity contribution is 7.16. The molecule has 2 rings (SSSR count). The Balaban J connectivity index is 1.97. The van der Waals surface area contributed by atoms with Crippen LogP contribution >= 0.6 is 22.9 Å². The number of benzene rings is 1. The van der Waals surface area contributed by atoms with Gasteiger partial charge in [0, 0.05) is 4.88 Å². The molecule has 0 bridgehead atoms. The number of nitrogens with two attached hydrogens (primary N) is 1. The standard InChI is InChI=1S/C15H18ClNOS/c1-18-13-4-2-11(3-5-13)8-12(10-17)9-14-6-7-15(16)19-14/h2-7,12H,8-10,17H2,1H3. The first-order chi connectivity index (χ1) is 9.21. The number of thiophene rings is 1. The van der Waals surface area contributed by atoms with Crippen molar-refractivity contribution >= 4 is 22.9 Å². The maximum Gasteiger partial charge on any atom is 0.118 e. The van der Waals surface area contributed by atoms with Crippen molar-refractivity contribution in [1.29, 1.82) is 0 Å². The van der Waals surface area contributed by atoms with Crippen molar-refractivity contribution < 1.29 is 4.74 Å². The van der Waals surface area contributed by atoms with Gasteiger partial charge in [-0.2, -0.15) is 0 Å². The summed E-state index contributed by atoms with van der Waals surface area (Å²) in [5.41, 5.74) is 7.17. The van der Waals surface area contributed by atoms with E-state index in [9.17, 15) is 0 Å². The van der Waals surface area contributed by atoms with Gasteiger partial charge in [0.1, 0.15) is 5.75 Å². The number of rotatable bonds is 6. The molecular formula is C15H18ClNOS. The van der Waals surface area contributed by atoms with Crippen LogP contribution in [0.5, 0.6) is 5.75 Å². The van der Waals surface area contributed by atoms with Crippen LogP contribution < -0.4 is 10.5 Å². The van der Waals surface area contributed by atoms with Gasteiger partial charge in [-0.15, -0.1) is 11.3 Å². The Morgan fingerprint density at radius 2 is 1.89 bits per heavy atom. The predicted octanol–water partition coefficient (Wildman–Crippen LogP) is 3.77. The Hall–Kier alpha value is -1.03. The van der Waals surface area contributed by atoms with E-state index in [0.717, 1.165) is 22.9 Å². The SMILES string of the molecule is COc1ccc(CC(CN)Cc2ccc(Cl)s2)cc1. The highest BCUT2D eigenvalue weighted by Crippen LogP contribution is 2.25. The van der Waals surface area contributed by atoms with Crippen molar-refractivity contribution in [2.45, 2.75) is 12.8 Å². The van der Waals surface area contributed by atoms with Gasteiger partial charge in [-0.3, -0.25) is 0 Å². The second kappa shape index (κ2) is 6.94. The third kappa shape index (κ3) is 4.23. The fraction of sp³-hybridized carbons (Fsp3) is 0.333. The first-order valence-electron chi connectivity index (χ1n) is 6.28. The Labute approximate surface area is 123 Å². The summed E-state index contributed by atoms with van der Waals surface area (Å²) in [6.45, 7) is 0.682. The molecule has 102 valence electrons. The largest absolute Gasteiger partial charge is 0.497 e. The van der Waals surface area contributed by atoms with Crippen molar-refractivity contribution in [2.75, 3.05) is 13.7 Å². The molecule has 1 aromatic carbocycles. The molecule has 0 aliphatic rings. The highest BCUT2D eigenvalue weighted by Gasteiger charge is 2.10. The normalized spacial score (nSPS) is 12.4. The summed E-state index contributed by atoms with van der Waals surface area (Å²) in [7, 11) is 1.68. The van der Waals surface area contributed by atoms with Crippen molar-refractivity contribution in [1.82, 2.24) is 0 Å². The van der Waals surface area contributed by atoms with Crippen LogP contribution in [0.25, 0.3) is 0 Å². The number of halogens is 1. The van der Waals surface area contributed by atoms with E-state index in [1.807, 2.05) is 18.2 Å². The van der Waals surface area contributed by atoms with Crippen LogP contribution in [0.15, 0.2) is 36.4 Å². The van der Waals surface area contributed by atoms with E-state index in [2.05, 4.69) is 18.2 Å². The maximum absolute atomic E-state index is 5.95. The van der Waals surface area contributed by atoms with E-state index < -0.39 is 0 Å². The van der Waals surface area contributed by atoms with E-state index in [4.69, 9.17) is 22.1 Å². The average molecular weight is 296 g/mol. The molecule has 19 heavy (non-hydrogen) atoms. The third-order valence-corrected chi connectivity index (χ3v) is 4.39. The van der Waals surface area contributed by atoms with Gasteiger partial charge in [-0.25, -0.2) is 0 Å². The van der Waals surface area contributed by atoms with Crippen LogP contribution in [-0.2, 0) is 12.8 Å². The lowest BCUT2D eigenvalue weighted by atomic mass is 9.95. The van der Waals surface area contributed by atoms with E-state index in [0.29, 0.717) is 12.5 Å². The quantitative estimate of drug-likeness (QED) is 0.880. The summed E-state index contributed by atoms with van der Waals surface area (Å²) in [5, 5.41) is 0. The molecule has 2 nitrogen and oxygen atoms in total. The fourth-order valence-electron chi connectivity index (χ4n) is 2.08. The molecule has 0 fully saturated rings. The second-order valence-electron chi connectivity index (χ2n) is 4.56. The summed E-state index contributed by atoms with van der Waals surface area (Å²) < 4.78 is 6.00. The molecule has 0 saturated heterocycles. The summed E-state index contributed by atoms with van der Waals surface area (Å²) in [6, 6.07) is 12.2. The fourth-order valence-corrected chi connectivity index (χ4v) is 3.28. The first kappa shape index (κ1) is 14.4. The minimum atomic E-state index is 0.447. The second-order valence-corrected chi connectivity index (χ2v) is 6.36. The zero-order valence-electron chi connectivity index (χ0n) is 10.9. The van der Waals surface area contributed by atoms with E-state index >= 15 is 0 Å². The summed E-state index contributed by atoms with van der Waals surface area (Å²) in [4.78, 5) is 1.30. The van der Waals surface area contributed by atoms with Crippen molar-refractivity contribution in [2.24, 2.45) is 11.7 Å². The summed E-state index contributed by atoms with van der Waals surface area (Å²) >= 11 is 7.59. The van der Waals surface area contributed by atoms with Gasteiger partial charge in [0.15, 0.2) is 0 Å². The van der Waals surface area contributed by atoms with E-state index in [1.165, 1.54) is 10.4 Å². The van der Waals surface area contributed by atoms with Gasteiger partial charge in [0.05, 0.1) is 11.4 Å². The molecule has 1 unspecified atom stereocenters. The lowest BCUT2D eigenvalue weighted by Gasteiger charge is -2.14. The van der Waals surface area contributed by atoms with Gasteiger partial charge < -0.3 is 10.5 Å². The highest BCUT2D eigenvalue weighted by atomic mass is 35.5. The number of ether oxygens (including phenoxy) is 1. The minimum Gasteiger partial charge on any atom is -0.497 e. The zero-order valence-corrected chi connectivity index (χ0v) is 12.5. The van der Waals surface area contributed by atoms with Gasteiger partial charge in [-0.1, -0.05) is 23.7 Å². The molecule has 0 spiro atoms. The molecular weight excluding hydrogens is 278 g/mol. The molecule has 0 aliphatic carbocycles. The van der Waals surface area contributed by atoms with E-state index in [1.54, 1.807) is 18.4 Å². The summed E-state index contributed by atoms with van der Waals surface area (Å²) in [5.74, 6) is 1.33. The third-order valence-electron chi connectivity index (χ3n) is 3.14. The van der Waals surface area contributed by atoms with Gasteiger partial charge in [0.2, 0.25) is 0 Å². The van der Waals surface area contributed by atoms with Crippen LogP contribution in [0.1, 0.15) is 10.4 Å². The van der Waals surface area contributed by atoms with Crippen LogP contribution in [0, 0.1) is 5.92 Å². The Bertz CT molecular complexity index is 509. The molecule has 1 atom stereocenters. The van der Waals surface area contributed by atoms with E-state index in [-0.39, 0.29) is 0 Å². The molecule has 0 radical (unpaired) electrons. The van der Waals surface area contributed by atoms with Crippen molar-refractivity contribution in [3.63, 3.8) is 0 Å². The number of hydrogen-bond acceptors (Lipinski definition) is 3. The molecule has 0 aliphatic heterocycles. The van der Waals surface area contributed by atoms with Gasteiger partial charge >= 0.3 is 0 Å². The van der Waals surface area contributed by atoms with Crippen LogP contribution in [-0.4, -0.2) is 13.7 Å². The lowest BCUT2D eigenvalue weighted by Crippen LogP contribution is -2.18. The molecule has 1 heterocycles. The Kier molecular flexibility index (Phi) is 5.25. The number of hydrogen-bond donors (Lipinski definition) is 1. The van der Waals surface area contributed by atoms with Crippen molar-refractivity contribution in [3.05, 3.63) is 51.2 Å². The molecule has 0 saturated carbocycles. The van der Waals surface area contributed by atoms with Gasteiger partial charge in [-0.05, 0) is 55.1 Å². The van der Waals surface area contributed by atoms with Crippen LogP contribution in [0.3, 0.4) is 0 Å². The topological polar surface area (TPSA) is 35.2 Å². The first-order valence-corrected chi connectivity index (χ1v) is 7.48. The predicted molar refractivity (Wildman–Crippen MR) is 82.3 cm³/mol. The molecule has 2 aromatic rings. The minimum absolute atomic E-state index is 0.447. The Morgan fingerprint density at radius 1 is 1.16 bits per heavy atom. The molecule has 0 amide bonds. The smallest absolute Gasteiger partial charge is 0.118 e. The average Bonchev–Trinajstić information content (AvgIpc) is 2.84. The van der Waals surface area contributed by atoms with Gasteiger partial charge in [0.25, 0.3) is 0 Å². The zero-order chi connectivity index (χ0) is 13.7. The molecule has 2 N–H and O–H groups in total. The molecule has 1 aromatic heterocycles. The Morgan fingerprint density at radius 3 is 2.42 bits per heavy atom. The van der Waals surface area contributed by atoms with Crippen LogP contribution in [0.4, 0.5) is 0 Å². The number of methoxy groups -OCH3 is 1. The van der Waals surface area contributed by atoms with Crippen LogP contribution in [0.2, 0.25) is 4.34 Å². The van der Waals surface area contributed by atoms with Crippen molar-refractivity contribution in [3.8, 4) is 5.75 Å². The lowest BCUT2D eigenvalue weighted by molar-refractivity contribution is 0.414. The summed E-state index contributed by atoms with van der Waals surface area (Å²) in [6.07, 6.45) is 1.97. The molecule has 4 heteroatoms.